The molecule has 0 aliphatic heterocycles. The molecule has 2 aromatic carbocycles. The lowest BCUT2D eigenvalue weighted by atomic mass is 10.1. The highest BCUT2D eigenvalue weighted by Gasteiger charge is 2.17. The summed E-state index contributed by atoms with van der Waals surface area (Å²) in [5.41, 5.74) is 4.42. The number of benzene rings is 2. The minimum absolute atomic E-state index is 0. The number of nitrogens with zero attached hydrogens (tertiary/aromatic N) is 2. The fourth-order valence-corrected chi connectivity index (χ4v) is 5.21. The third-order valence-electron chi connectivity index (χ3n) is 6.95. The zero-order chi connectivity index (χ0) is 25.5. The van der Waals surface area contributed by atoms with E-state index >= 15 is 0 Å². The van der Waals surface area contributed by atoms with E-state index in [0.29, 0.717) is 0 Å². The van der Waals surface area contributed by atoms with Crippen LogP contribution in [0.2, 0.25) is 10.0 Å². The van der Waals surface area contributed by atoms with Crippen LogP contribution in [0.4, 0.5) is 11.4 Å². The van der Waals surface area contributed by atoms with Gasteiger partial charge in [-0.2, -0.15) is 0 Å². The van der Waals surface area contributed by atoms with E-state index in [1.54, 1.807) is 0 Å². The molecule has 6 N–H and O–H groups in total. The number of nitrogens with one attached hydrogen (secondary N) is 2. The van der Waals surface area contributed by atoms with Gasteiger partial charge in [0.15, 0.2) is 12.4 Å². The number of pyridine rings is 2. The molecule has 222 valence electrons. The molecular weight excluding hydrogens is 773 g/mol. The molecule has 10 heteroatoms. The number of aryl methyl sites for hydroxylation is 2. The molecule has 2 aromatic heterocycles. The third-order valence-corrected chi connectivity index (χ3v) is 7.42. The number of hydrogen-bond donors (Lipinski definition) is 2. The average Bonchev–Trinajstić information content (AvgIpc) is 2.87. The smallest absolute Gasteiger partial charge is 0.215 e. The molecule has 0 aliphatic carbocycles. The van der Waals surface area contributed by atoms with Crippen LogP contribution in [0.3, 0.4) is 0 Å². The second-order valence-corrected chi connectivity index (χ2v) is 10.6. The summed E-state index contributed by atoms with van der Waals surface area (Å²) in [5.74, 6) is 0. The topological polar surface area (TPSA) is 94.8 Å². The predicted molar refractivity (Wildman–Crippen MR) is 161 cm³/mol. The van der Waals surface area contributed by atoms with Crippen LogP contribution in [0.25, 0.3) is 21.8 Å². The Hall–Kier alpha value is -1.18. The first-order valence-corrected chi connectivity index (χ1v) is 13.9. The standard InChI is InChI=1S/C30H36Cl2N4.2HI.2H2O/c1-4-5-6-7-8-9-10-11-30(33-26-16-18-35(2)28-20-22(31)12-14-24(26)28)34-27-17-19-36(3)29-21-23(32)13-15-25(27)29;;;;/h12-21,30H,4-11H2,1-3H3;2*1H;2*1H2. The summed E-state index contributed by atoms with van der Waals surface area (Å²) in [5, 5.41) is 11.4. The molecule has 4 aromatic rings. The normalized spacial score (nSPS) is 10.3. The summed E-state index contributed by atoms with van der Waals surface area (Å²) in [6.07, 6.45) is 14.3. The second-order valence-electron chi connectivity index (χ2n) is 9.75. The van der Waals surface area contributed by atoms with Gasteiger partial charge in [-0.25, -0.2) is 9.13 Å². The highest BCUT2D eigenvalue weighted by atomic mass is 127. The van der Waals surface area contributed by atoms with Gasteiger partial charge in [-0.1, -0.05) is 68.7 Å². The van der Waals surface area contributed by atoms with Crippen molar-refractivity contribution in [2.24, 2.45) is 14.1 Å². The summed E-state index contributed by atoms with van der Waals surface area (Å²) in [6, 6.07) is 16.5. The van der Waals surface area contributed by atoms with Crippen molar-refractivity contribution in [1.29, 1.82) is 0 Å². The van der Waals surface area contributed by atoms with E-state index in [4.69, 9.17) is 23.2 Å². The van der Waals surface area contributed by atoms with Crippen molar-refractivity contribution in [3.05, 3.63) is 71.0 Å². The Bertz CT molecular complexity index is 1250. The van der Waals surface area contributed by atoms with Gasteiger partial charge in [0.05, 0.1) is 28.3 Å². The highest BCUT2D eigenvalue weighted by molar-refractivity contribution is 6.31. The molecule has 0 radical (unpaired) electrons. The Labute approximate surface area is 282 Å². The van der Waals surface area contributed by atoms with Gasteiger partial charge in [0.1, 0.15) is 14.1 Å². The molecule has 0 spiro atoms. The summed E-state index contributed by atoms with van der Waals surface area (Å²) in [6.45, 7) is 2.27. The highest BCUT2D eigenvalue weighted by Crippen LogP contribution is 2.28. The monoisotopic (exact) mass is 814 g/mol. The lowest BCUT2D eigenvalue weighted by molar-refractivity contribution is -0.644. The number of unbranched alkanes of at least 4 members (excludes halogenated alkanes) is 6. The Morgan fingerprint density at radius 2 is 1.07 bits per heavy atom. The predicted octanol–water partition coefficient (Wildman–Crippen LogP) is 0.298. The Kier molecular flexibility index (Phi) is 18.5. The van der Waals surface area contributed by atoms with Gasteiger partial charge < -0.3 is 69.5 Å². The quantitative estimate of drug-likeness (QED) is 0.0933. The minimum atomic E-state index is 0. The van der Waals surface area contributed by atoms with Gasteiger partial charge in [0.25, 0.3) is 0 Å². The van der Waals surface area contributed by atoms with Gasteiger partial charge >= 0.3 is 0 Å². The molecule has 6 nitrogen and oxygen atoms in total. The van der Waals surface area contributed by atoms with E-state index in [9.17, 15) is 0 Å². The molecular formula is C30H42Cl2I2N4O2. The van der Waals surface area contributed by atoms with Crippen molar-refractivity contribution in [3.63, 3.8) is 0 Å². The van der Waals surface area contributed by atoms with E-state index in [1.165, 1.54) is 44.9 Å². The largest absolute Gasteiger partial charge is 1.00 e. The van der Waals surface area contributed by atoms with E-state index in [-0.39, 0.29) is 65.1 Å². The van der Waals surface area contributed by atoms with Crippen molar-refractivity contribution in [2.75, 3.05) is 10.6 Å². The van der Waals surface area contributed by atoms with E-state index in [1.807, 2.05) is 24.3 Å². The van der Waals surface area contributed by atoms with Crippen LogP contribution < -0.4 is 67.7 Å². The molecule has 0 unspecified atom stereocenters. The Balaban J connectivity index is 0.00000380. The summed E-state index contributed by atoms with van der Waals surface area (Å²) in [4.78, 5) is 0. The number of rotatable bonds is 12. The van der Waals surface area contributed by atoms with Crippen LogP contribution in [0.1, 0.15) is 58.3 Å². The van der Waals surface area contributed by atoms with Crippen molar-refractivity contribution in [2.45, 2.75) is 64.5 Å². The fraction of sp³-hybridized carbons (Fsp3) is 0.400. The summed E-state index contributed by atoms with van der Waals surface area (Å²) >= 11 is 12.6. The maximum absolute atomic E-state index is 6.31. The lowest BCUT2D eigenvalue weighted by Crippen LogP contribution is -3.00. The van der Waals surface area contributed by atoms with E-state index in [2.05, 4.69) is 77.4 Å². The molecule has 0 fully saturated rings. The van der Waals surface area contributed by atoms with E-state index < -0.39 is 0 Å². The molecule has 2 heterocycles. The second kappa shape index (κ2) is 19.1. The van der Waals surface area contributed by atoms with E-state index in [0.717, 1.165) is 49.6 Å². The van der Waals surface area contributed by atoms with Crippen LogP contribution in [0, 0.1) is 0 Å². The zero-order valence-corrected chi connectivity index (χ0v) is 29.2. The minimum Gasteiger partial charge on any atom is -1.00 e. The van der Waals surface area contributed by atoms with Gasteiger partial charge in [-0.05, 0) is 37.1 Å². The van der Waals surface area contributed by atoms with Crippen LogP contribution in [-0.4, -0.2) is 17.1 Å². The summed E-state index contributed by atoms with van der Waals surface area (Å²) < 4.78 is 4.22. The van der Waals surface area contributed by atoms with Gasteiger partial charge in [-0.3, -0.25) is 0 Å². The molecule has 0 bridgehead atoms. The van der Waals surface area contributed by atoms with Crippen molar-refractivity contribution >= 4 is 56.4 Å². The van der Waals surface area contributed by atoms with Gasteiger partial charge in [-0.15, -0.1) is 0 Å². The van der Waals surface area contributed by atoms with Crippen LogP contribution >= 0.6 is 23.2 Å². The Morgan fingerprint density at radius 3 is 1.52 bits per heavy atom. The molecule has 4 rings (SSSR count). The number of halogens is 4. The number of anilines is 2. The van der Waals surface area contributed by atoms with Crippen molar-refractivity contribution in [1.82, 2.24) is 0 Å². The van der Waals surface area contributed by atoms with Gasteiger partial charge in [0.2, 0.25) is 11.0 Å². The molecule has 0 saturated carbocycles. The first-order valence-electron chi connectivity index (χ1n) is 13.1. The number of fused-ring (bicyclic) bond motifs is 2. The van der Waals surface area contributed by atoms with Crippen LogP contribution in [-0.2, 0) is 14.1 Å². The van der Waals surface area contributed by atoms with Crippen molar-refractivity contribution < 1.29 is 68.0 Å². The lowest BCUT2D eigenvalue weighted by Gasteiger charge is -2.23. The summed E-state index contributed by atoms with van der Waals surface area (Å²) in [7, 11) is 4.11. The fourth-order valence-electron chi connectivity index (χ4n) is 4.87. The molecule has 0 amide bonds. The first kappa shape index (κ1) is 38.8. The molecule has 0 atom stereocenters. The first-order chi connectivity index (χ1) is 17.5. The third kappa shape index (κ3) is 10.3. The number of aromatic nitrogens is 2. The zero-order valence-electron chi connectivity index (χ0n) is 23.4. The average molecular weight is 815 g/mol. The maximum Gasteiger partial charge on any atom is 0.215 e. The SMILES string of the molecule is CCCCCCCCCC(Nc1cc[n+](C)c2cc(Cl)ccc12)Nc1cc[n+](C)c2cc(Cl)ccc12.O.O.[I-].[I-]. The molecule has 0 saturated heterocycles. The Morgan fingerprint density at radius 1 is 0.650 bits per heavy atom. The van der Waals surface area contributed by atoms with Gasteiger partial charge in [0, 0.05) is 34.3 Å². The molecule has 0 aliphatic rings. The van der Waals surface area contributed by atoms with Crippen LogP contribution in [0.5, 0.6) is 0 Å². The number of hydrogen-bond acceptors (Lipinski definition) is 2. The maximum atomic E-state index is 6.31. The van der Waals surface area contributed by atoms with Crippen LogP contribution in [0.15, 0.2) is 60.9 Å². The molecule has 40 heavy (non-hydrogen) atoms. The van der Waals surface area contributed by atoms with Crippen molar-refractivity contribution in [3.8, 4) is 0 Å².